The van der Waals surface area contributed by atoms with E-state index in [1.807, 2.05) is 0 Å². The van der Waals surface area contributed by atoms with Gasteiger partial charge < -0.3 is 42.6 Å². The SMILES string of the molecule is CCCCCCCCCCCCOCCOCCOCCOCCOCCOCCOCCOCCOC(=O)CCCCCC. The van der Waals surface area contributed by atoms with Gasteiger partial charge in [0, 0.05) is 13.0 Å². The fourth-order valence-electron chi connectivity index (χ4n) is 4.32. The van der Waals surface area contributed by atoms with Gasteiger partial charge in [-0.05, 0) is 12.8 Å². The van der Waals surface area contributed by atoms with Gasteiger partial charge in [-0.2, -0.15) is 0 Å². The van der Waals surface area contributed by atoms with E-state index in [1.54, 1.807) is 0 Å². The van der Waals surface area contributed by atoms with E-state index in [-0.39, 0.29) is 5.97 Å². The summed E-state index contributed by atoms with van der Waals surface area (Å²) in [4.78, 5) is 11.5. The molecule has 0 unspecified atom stereocenters. The molecule has 0 radical (unpaired) electrons. The number of ether oxygens (including phenoxy) is 9. The minimum absolute atomic E-state index is 0.145. The van der Waals surface area contributed by atoms with Gasteiger partial charge in [0.15, 0.2) is 0 Å². The van der Waals surface area contributed by atoms with Crippen LogP contribution in [0.2, 0.25) is 0 Å². The highest BCUT2D eigenvalue weighted by Gasteiger charge is 2.02. The number of carbonyl (C=O) groups is 1. The van der Waals surface area contributed by atoms with Gasteiger partial charge in [-0.1, -0.05) is 90.9 Å². The number of hydrogen-bond donors (Lipinski definition) is 0. The van der Waals surface area contributed by atoms with Gasteiger partial charge in [0.2, 0.25) is 0 Å². The van der Waals surface area contributed by atoms with Crippen LogP contribution in [0.15, 0.2) is 0 Å². The lowest BCUT2D eigenvalue weighted by molar-refractivity contribution is -0.145. The Morgan fingerprint density at radius 2 is 0.578 bits per heavy atom. The molecule has 10 nitrogen and oxygen atoms in total. The third-order valence-corrected chi connectivity index (χ3v) is 6.97. The van der Waals surface area contributed by atoms with Gasteiger partial charge >= 0.3 is 5.97 Å². The summed E-state index contributed by atoms with van der Waals surface area (Å²) in [5, 5.41) is 0. The zero-order valence-corrected chi connectivity index (χ0v) is 29.2. The molecule has 45 heavy (non-hydrogen) atoms. The van der Waals surface area contributed by atoms with Crippen molar-refractivity contribution < 1.29 is 47.4 Å². The van der Waals surface area contributed by atoms with Crippen molar-refractivity contribution in [2.75, 3.05) is 112 Å². The lowest BCUT2D eigenvalue weighted by atomic mass is 10.1. The van der Waals surface area contributed by atoms with E-state index in [2.05, 4.69) is 13.8 Å². The second kappa shape index (κ2) is 41.2. The van der Waals surface area contributed by atoms with Crippen molar-refractivity contribution in [1.29, 1.82) is 0 Å². The lowest BCUT2D eigenvalue weighted by Crippen LogP contribution is -2.15. The van der Waals surface area contributed by atoms with Crippen molar-refractivity contribution in [3.8, 4) is 0 Å². The van der Waals surface area contributed by atoms with Crippen LogP contribution >= 0.6 is 0 Å². The fourth-order valence-corrected chi connectivity index (χ4v) is 4.32. The minimum Gasteiger partial charge on any atom is -0.463 e. The molecule has 0 bridgehead atoms. The van der Waals surface area contributed by atoms with Gasteiger partial charge in [-0.3, -0.25) is 4.79 Å². The molecule has 0 aromatic heterocycles. The van der Waals surface area contributed by atoms with E-state index < -0.39 is 0 Å². The summed E-state index contributed by atoms with van der Waals surface area (Å²) in [6.07, 6.45) is 18.2. The third-order valence-electron chi connectivity index (χ3n) is 6.97. The molecule has 0 fully saturated rings. The van der Waals surface area contributed by atoms with E-state index in [1.165, 1.54) is 57.8 Å². The second-order valence-corrected chi connectivity index (χ2v) is 11.1. The lowest BCUT2D eigenvalue weighted by Gasteiger charge is -2.09. The van der Waals surface area contributed by atoms with Crippen LogP contribution in [0.5, 0.6) is 0 Å². The van der Waals surface area contributed by atoms with E-state index in [9.17, 15) is 4.79 Å². The average Bonchev–Trinajstić information content (AvgIpc) is 3.05. The summed E-state index contributed by atoms with van der Waals surface area (Å²) in [6.45, 7) is 13.4. The van der Waals surface area contributed by atoms with Crippen LogP contribution in [0, 0.1) is 0 Å². The first-order valence-corrected chi connectivity index (χ1v) is 18.1. The molecule has 0 aromatic rings. The van der Waals surface area contributed by atoms with Crippen LogP contribution in [0.25, 0.3) is 0 Å². The van der Waals surface area contributed by atoms with Crippen molar-refractivity contribution in [3.05, 3.63) is 0 Å². The van der Waals surface area contributed by atoms with Crippen LogP contribution in [-0.4, -0.2) is 118 Å². The van der Waals surface area contributed by atoms with Crippen molar-refractivity contribution in [3.63, 3.8) is 0 Å². The molecule has 0 aliphatic rings. The number of unbranched alkanes of at least 4 members (excludes halogenated alkanes) is 12. The Morgan fingerprint density at radius 3 is 0.933 bits per heavy atom. The first-order valence-electron chi connectivity index (χ1n) is 18.1. The average molecular weight is 651 g/mol. The summed E-state index contributed by atoms with van der Waals surface area (Å²) in [6, 6.07) is 0. The summed E-state index contributed by atoms with van der Waals surface area (Å²) >= 11 is 0. The topological polar surface area (TPSA) is 100 Å². The largest absolute Gasteiger partial charge is 0.463 e. The maximum atomic E-state index is 11.5. The van der Waals surface area contributed by atoms with E-state index in [0.29, 0.717) is 112 Å². The Morgan fingerprint density at radius 1 is 0.311 bits per heavy atom. The standard InChI is InChI=1S/C35H70O10/c1-3-5-7-9-10-11-12-13-14-16-18-37-19-20-38-21-22-39-23-24-40-25-26-41-27-28-42-29-30-43-31-32-44-33-34-45-35(36)17-15-8-6-4-2/h3-34H2,1-2H3. The summed E-state index contributed by atoms with van der Waals surface area (Å²) < 4.78 is 49.2. The molecule has 0 N–H and O–H groups in total. The van der Waals surface area contributed by atoms with Gasteiger partial charge in [0.1, 0.15) is 6.61 Å². The Kier molecular flexibility index (Phi) is 40.4. The summed E-state index contributed by atoms with van der Waals surface area (Å²) in [5.41, 5.74) is 0. The number of rotatable bonds is 40. The highest BCUT2D eigenvalue weighted by Crippen LogP contribution is 2.10. The predicted octanol–water partition coefficient (Wildman–Crippen LogP) is 6.55. The molecular formula is C35H70O10. The van der Waals surface area contributed by atoms with Gasteiger partial charge in [-0.15, -0.1) is 0 Å². The number of carbonyl (C=O) groups excluding carboxylic acids is 1. The van der Waals surface area contributed by atoms with Gasteiger partial charge in [0.05, 0.1) is 99.1 Å². The predicted molar refractivity (Wildman–Crippen MR) is 178 cm³/mol. The molecule has 0 aromatic carbocycles. The summed E-state index contributed by atoms with van der Waals surface area (Å²) in [7, 11) is 0. The quantitative estimate of drug-likeness (QED) is 0.0536. The second-order valence-electron chi connectivity index (χ2n) is 11.1. The number of esters is 1. The Labute approximate surface area is 275 Å². The molecule has 270 valence electrons. The van der Waals surface area contributed by atoms with Crippen LogP contribution in [0.1, 0.15) is 110 Å². The maximum Gasteiger partial charge on any atom is 0.305 e. The van der Waals surface area contributed by atoms with Gasteiger partial charge in [0.25, 0.3) is 0 Å². The molecule has 0 aliphatic carbocycles. The molecular weight excluding hydrogens is 580 g/mol. The van der Waals surface area contributed by atoms with Crippen LogP contribution in [0.3, 0.4) is 0 Å². The molecule has 10 heteroatoms. The highest BCUT2D eigenvalue weighted by molar-refractivity contribution is 5.69. The zero-order chi connectivity index (χ0) is 32.6. The monoisotopic (exact) mass is 650 g/mol. The Bertz CT molecular complexity index is 553. The first kappa shape index (κ1) is 44.1. The Hall–Kier alpha value is -0.850. The van der Waals surface area contributed by atoms with Gasteiger partial charge in [-0.25, -0.2) is 0 Å². The number of hydrogen-bond acceptors (Lipinski definition) is 10. The molecule has 0 spiro atoms. The van der Waals surface area contributed by atoms with Crippen LogP contribution in [0.4, 0.5) is 0 Å². The van der Waals surface area contributed by atoms with Crippen molar-refractivity contribution >= 4 is 5.97 Å². The van der Waals surface area contributed by atoms with Crippen LogP contribution < -0.4 is 0 Å². The maximum absolute atomic E-state index is 11.5. The smallest absolute Gasteiger partial charge is 0.305 e. The van der Waals surface area contributed by atoms with Crippen molar-refractivity contribution in [2.45, 2.75) is 110 Å². The van der Waals surface area contributed by atoms with E-state index in [4.69, 9.17) is 42.6 Å². The molecule has 0 saturated carbocycles. The third kappa shape index (κ3) is 41.1. The molecule has 0 saturated heterocycles. The van der Waals surface area contributed by atoms with E-state index in [0.717, 1.165) is 38.7 Å². The highest BCUT2D eigenvalue weighted by atomic mass is 16.6. The fraction of sp³-hybridized carbons (Fsp3) is 0.971. The molecule has 0 amide bonds. The summed E-state index contributed by atoms with van der Waals surface area (Å²) in [5.74, 6) is -0.145. The van der Waals surface area contributed by atoms with Crippen molar-refractivity contribution in [2.24, 2.45) is 0 Å². The minimum atomic E-state index is -0.145. The first-order chi connectivity index (χ1) is 22.3. The Balaban J connectivity index is 3.07. The van der Waals surface area contributed by atoms with Crippen molar-refractivity contribution in [1.82, 2.24) is 0 Å². The molecule has 0 heterocycles. The molecule has 0 rings (SSSR count). The zero-order valence-electron chi connectivity index (χ0n) is 29.2. The molecule has 0 atom stereocenters. The normalized spacial score (nSPS) is 11.4. The van der Waals surface area contributed by atoms with Crippen LogP contribution in [-0.2, 0) is 47.4 Å². The van der Waals surface area contributed by atoms with E-state index >= 15 is 0 Å². The molecule has 0 aliphatic heterocycles.